The lowest BCUT2D eigenvalue weighted by Crippen LogP contribution is -2.02. The van der Waals surface area contributed by atoms with Crippen LogP contribution >= 0.6 is 0 Å². The summed E-state index contributed by atoms with van der Waals surface area (Å²) in [6.45, 7) is 7.10. The van der Waals surface area contributed by atoms with Crippen LogP contribution in [0.4, 0.5) is 5.69 Å². The van der Waals surface area contributed by atoms with Crippen molar-refractivity contribution in [3.63, 3.8) is 0 Å². The van der Waals surface area contributed by atoms with Crippen molar-refractivity contribution in [2.24, 2.45) is 0 Å². The molecule has 0 atom stereocenters. The fourth-order valence-electron chi connectivity index (χ4n) is 1.74. The van der Waals surface area contributed by atoms with E-state index in [1.807, 2.05) is 19.2 Å². The molecule has 0 spiro atoms. The molecule has 0 aliphatic carbocycles. The second kappa shape index (κ2) is 5.00. The summed E-state index contributed by atoms with van der Waals surface area (Å²) in [7, 11) is 0. The summed E-state index contributed by atoms with van der Waals surface area (Å²) in [6.07, 6.45) is 1.92. The van der Waals surface area contributed by atoms with E-state index < -0.39 is 0 Å². The van der Waals surface area contributed by atoms with Gasteiger partial charge in [-0.25, -0.2) is 0 Å². The van der Waals surface area contributed by atoms with Gasteiger partial charge in [0, 0.05) is 24.1 Å². The minimum absolute atomic E-state index is 0.817. The molecule has 0 saturated heterocycles. The molecule has 2 aromatic rings. The normalized spacial score (nSPS) is 10.3. The van der Waals surface area contributed by atoms with Crippen molar-refractivity contribution in [1.82, 2.24) is 4.98 Å². The molecule has 2 rings (SSSR count). The standard InChI is InChI=1S/C15H18N2/c1-11-5-4-6-15(13(11)3)17-10-14-8-7-12(2)16-9-14/h4-9,17H,10H2,1-3H3. The lowest BCUT2D eigenvalue weighted by atomic mass is 10.1. The van der Waals surface area contributed by atoms with Gasteiger partial charge in [-0.05, 0) is 49.6 Å². The van der Waals surface area contributed by atoms with Crippen molar-refractivity contribution in [3.8, 4) is 0 Å². The summed E-state index contributed by atoms with van der Waals surface area (Å²) in [5.41, 5.74) is 6.09. The second-order valence-electron chi connectivity index (χ2n) is 4.41. The van der Waals surface area contributed by atoms with Gasteiger partial charge in [0.05, 0.1) is 0 Å². The summed E-state index contributed by atoms with van der Waals surface area (Å²) in [4.78, 5) is 4.29. The molecule has 0 fully saturated rings. The highest BCUT2D eigenvalue weighted by atomic mass is 14.9. The molecule has 0 aliphatic heterocycles. The maximum Gasteiger partial charge on any atom is 0.0416 e. The molecule has 88 valence electrons. The van der Waals surface area contributed by atoms with Crippen LogP contribution in [-0.4, -0.2) is 4.98 Å². The van der Waals surface area contributed by atoms with Gasteiger partial charge in [0.2, 0.25) is 0 Å². The number of nitrogens with one attached hydrogen (secondary N) is 1. The first-order chi connectivity index (χ1) is 8.16. The number of hydrogen-bond acceptors (Lipinski definition) is 2. The Morgan fingerprint density at radius 3 is 2.59 bits per heavy atom. The van der Waals surface area contributed by atoms with Crippen molar-refractivity contribution in [2.45, 2.75) is 27.3 Å². The summed E-state index contributed by atoms with van der Waals surface area (Å²) >= 11 is 0. The Morgan fingerprint density at radius 2 is 1.88 bits per heavy atom. The van der Waals surface area contributed by atoms with Crippen molar-refractivity contribution in [1.29, 1.82) is 0 Å². The van der Waals surface area contributed by atoms with E-state index in [1.165, 1.54) is 22.4 Å². The number of anilines is 1. The molecule has 1 heterocycles. The number of pyridine rings is 1. The van der Waals surface area contributed by atoms with E-state index in [2.05, 4.69) is 48.4 Å². The van der Waals surface area contributed by atoms with Crippen LogP contribution in [-0.2, 0) is 6.54 Å². The molecule has 1 aromatic carbocycles. The lowest BCUT2D eigenvalue weighted by Gasteiger charge is -2.11. The Balaban J connectivity index is 2.07. The Hall–Kier alpha value is -1.83. The van der Waals surface area contributed by atoms with Gasteiger partial charge in [-0.1, -0.05) is 18.2 Å². The Kier molecular flexibility index (Phi) is 3.43. The van der Waals surface area contributed by atoms with Gasteiger partial charge >= 0.3 is 0 Å². The summed E-state index contributed by atoms with van der Waals surface area (Å²) < 4.78 is 0. The number of aryl methyl sites for hydroxylation is 2. The highest BCUT2D eigenvalue weighted by molar-refractivity contribution is 5.53. The second-order valence-corrected chi connectivity index (χ2v) is 4.41. The van der Waals surface area contributed by atoms with E-state index in [0.29, 0.717) is 0 Å². The average Bonchev–Trinajstić information content (AvgIpc) is 2.33. The van der Waals surface area contributed by atoms with Crippen LogP contribution < -0.4 is 5.32 Å². The third-order valence-electron chi connectivity index (χ3n) is 3.06. The summed E-state index contributed by atoms with van der Waals surface area (Å²) in [5.74, 6) is 0. The van der Waals surface area contributed by atoms with Crippen LogP contribution in [0.15, 0.2) is 36.5 Å². The van der Waals surface area contributed by atoms with Crippen LogP contribution in [0.2, 0.25) is 0 Å². The number of aromatic nitrogens is 1. The van der Waals surface area contributed by atoms with Crippen LogP contribution in [0.1, 0.15) is 22.4 Å². The largest absolute Gasteiger partial charge is 0.381 e. The van der Waals surface area contributed by atoms with Gasteiger partial charge < -0.3 is 5.32 Å². The molecule has 1 aromatic heterocycles. The van der Waals surface area contributed by atoms with E-state index in [0.717, 1.165) is 12.2 Å². The Bertz CT molecular complexity index is 501. The molecule has 0 saturated carbocycles. The SMILES string of the molecule is Cc1ccc(CNc2cccc(C)c2C)cn1. The zero-order valence-corrected chi connectivity index (χ0v) is 10.6. The van der Waals surface area contributed by atoms with Gasteiger partial charge in [-0.2, -0.15) is 0 Å². The number of hydrogen-bond donors (Lipinski definition) is 1. The smallest absolute Gasteiger partial charge is 0.0416 e. The molecule has 17 heavy (non-hydrogen) atoms. The summed E-state index contributed by atoms with van der Waals surface area (Å²) in [6, 6.07) is 10.5. The van der Waals surface area contributed by atoms with Gasteiger partial charge in [-0.15, -0.1) is 0 Å². The van der Waals surface area contributed by atoms with E-state index >= 15 is 0 Å². The van der Waals surface area contributed by atoms with E-state index in [-0.39, 0.29) is 0 Å². The third-order valence-corrected chi connectivity index (χ3v) is 3.06. The predicted octanol–water partition coefficient (Wildman–Crippen LogP) is 3.62. The molecule has 0 unspecified atom stereocenters. The van der Waals surface area contributed by atoms with Crippen LogP contribution in [0.3, 0.4) is 0 Å². The van der Waals surface area contributed by atoms with Crippen LogP contribution in [0.5, 0.6) is 0 Å². The number of nitrogens with zero attached hydrogens (tertiary/aromatic N) is 1. The predicted molar refractivity (Wildman–Crippen MR) is 72.2 cm³/mol. The van der Waals surface area contributed by atoms with Gasteiger partial charge in [-0.3, -0.25) is 4.98 Å². The zero-order valence-electron chi connectivity index (χ0n) is 10.6. The molecular weight excluding hydrogens is 208 g/mol. The minimum atomic E-state index is 0.817. The highest BCUT2D eigenvalue weighted by Gasteiger charge is 2.00. The Labute approximate surface area is 103 Å². The van der Waals surface area contributed by atoms with Crippen molar-refractivity contribution < 1.29 is 0 Å². The maximum atomic E-state index is 4.29. The van der Waals surface area contributed by atoms with Crippen molar-refractivity contribution in [3.05, 3.63) is 58.9 Å². The first-order valence-corrected chi connectivity index (χ1v) is 5.88. The molecule has 2 nitrogen and oxygen atoms in total. The molecule has 2 heteroatoms. The lowest BCUT2D eigenvalue weighted by molar-refractivity contribution is 1.08. The quantitative estimate of drug-likeness (QED) is 0.864. The number of rotatable bonds is 3. The average molecular weight is 226 g/mol. The van der Waals surface area contributed by atoms with Crippen LogP contribution in [0, 0.1) is 20.8 Å². The molecule has 1 N–H and O–H groups in total. The number of benzene rings is 1. The third kappa shape index (κ3) is 2.84. The monoisotopic (exact) mass is 226 g/mol. The van der Waals surface area contributed by atoms with E-state index in [9.17, 15) is 0 Å². The van der Waals surface area contributed by atoms with E-state index in [1.54, 1.807) is 0 Å². The first kappa shape index (κ1) is 11.6. The minimum Gasteiger partial charge on any atom is -0.381 e. The first-order valence-electron chi connectivity index (χ1n) is 5.88. The van der Waals surface area contributed by atoms with Crippen LogP contribution in [0.25, 0.3) is 0 Å². The Morgan fingerprint density at radius 1 is 1.06 bits per heavy atom. The van der Waals surface area contributed by atoms with Gasteiger partial charge in [0.15, 0.2) is 0 Å². The van der Waals surface area contributed by atoms with E-state index in [4.69, 9.17) is 0 Å². The molecule has 0 amide bonds. The fourth-order valence-corrected chi connectivity index (χ4v) is 1.74. The summed E-state index contributed by atoms with van der Waals surface area (Å²) in [5, 5.41) is 3.45. The fraction of sp³-hybridized carbons (Fsp3) is 0.267. The molecule has 0 bridgehead atoms. The topological polar surface area (TPSA) is 24.9 Å². The maximum absolute atomic E-state index is 4.29. The van der Waals surface area contributed by atoms with Crippen molar-refractivity contribution in [2.75, 3.05) is 5.32 Å². The highest BCUT2D eigenvalue weighted by Crippen LogP contribution is 2.18. The van der Waals surface area contributed by atoms with Gasteiger partial charge in [0.1, 0.15) is 0 Å². The van der Waals surface area contributed by atoms with Gasteiger partial charge in [0.25, 0.3) is 0 Å². The van der Waals surface area contributed by atoms with Crippen molar-refractivity contribution >= 4 is 5.69 Å². The molecule has 0 aliphatic rings. The molecular formula is C15H18N2. The molecule has 0 radical (unpaired) electrons. The zero-order chi connectivity index (χ0) is 12.3.